The smallest absolute Gasteiger partial charge is 0.331 e. The summed E-state index contributed by atoms with van der Waals surface area (Å²) in [4.78, 5) is 23.2. The maximum Gasteiger partial charge on any atom is 0.331 e. The molecule has 1 amide bonds. The summed E-state index contributed by atoms with van der Waals surface area (Å²) in [5, 5.41) is 11.5. The molecule has 5 heteroatoms. The SMILES string of the molecule is CCOC(=O)C(CO)NC(=O)c1ccc(C)cc1. The molecular formula is C13H17NO4. The summed E-state index contributed by atoms with van der Waals surface area (Å²) in [6.07, 6.45) is 0. The van der Waals surface area contributed by atoms with Gasteiger partial charge in [0.05, 0.1) is 13.2 Å². The van der Waals surface area contributed by atoms with Gasteiger partial charge in [-0.1, -0.05) is 17.7 Å². The summed E-state index contributed by atoms with van der Waals surface area (Å²) >= 11 is 0. The Morgan fingerprint density at radius 2 is 1.94 bits per heavy atom. The van der Waals surface area contributed by atoms with Gasteiger partial charge < -0.3 is 15.2 Å². The number of ether oxygens (including phenoxy) is 1. The molecule has 0 saturated heterocycles. The molecule has 0 aliphatic heterocycles. The summed E-state index contributed by atoms with van der Waals surface area (Å²) in [6.45, 7) is 3.29. The Morgan fingerprint density at radius 3 is 2.44 bits per heavy atom. The zero-order valence-corrected chi connectivity index (χ0v) is 10.5. The first-order chi connectivity index (χ1) is 8.58. The van der Waals surface area contributed by atoms with Crippen molar-refractivity contribution in [3.63, 3.8) is 0 Å². The molecular weight excluding hydrogens is 234 g/mol. The van der Waals surface area contributed by atoms with Crippen LogP contribution in [0.1, 0.15) is 22.8 Å². The number of rotatable bonds is 5. The Balaban J connectivity index is 2.67. The largest absolute Gasteiger partial charge is 0.464 e. The topological polar surface area (TPSA) is 75.6 Å². The minimum atomic E-state index is -1.03. The second-order valence-corrected chi connectivity index (χ2v) is 3.83. The summed E-state index contributed by atoms with van der Waals surface area (Å²) in [5.41, 5.74) is 1.47. The second-order valence-electron chi connectivity index (χ2n) is 3.83. The zero-order chi connectivity index (χ0) is 13.5. The molecule has 5 nitrogen and oxygen atoms in total. The number of nitrogens with one attached hydrogen (secondary N) is 1. The van der Waals surface area contributed by atoms with Crippen LogP contribution in [0.25, 0.3) is 0 Å². The quantitative estimate of drug-likeness (QED) is 0.753. The van der Waals surface area contributed by atoms with Crippen LogP contribution in [0.3, 0.4) is 0 Å². The summed E-state index contributed by atoms with van der Waals surface area (Å²) in [7, 11) is 0. The number of hydrogen-bond donors (Lipinski definition) is 2. The lowest BCUT2D eigenvalue weighted by Crippen LogP contribution is -2.44. The predicted molar refractivity (Wildman–Crippen MR) is 66.2 cm³/mol. The molecule has 0 saturated carbocycles. The molecule has 1 unspecified atom stereocenters. The molecule has 0 aliphatic rings. The van der Waals surface area contributed by atoms with Crippen LogP contribution in [0.2, 0.25) is 0 Å². The lowest BCUT2D eigenvalue weighted by Gasteiger charge is -2.14. The number of aliphatic hydroxyl groups is 1. The number of benzene rings is 1. The van der Waals surface area contributed by atoms with Gasteiger partial charge >= 0.3 is 5.97 Å². The van der Waals surface area contributed by atoms with Crippen molar-refractivity contribution in [3.8, 4) is 0 Å². The third-order valence-corrected chi connectivity index (χ3v) is 2.37. The minimum Gasteiger partial charge on any atom is -0.464 e. The Kier molecular flexibility index (Phi) is 5.32. The van der Waals surface area contributed by atoms with Crippen LogP contribution in [0.4, 0.5) is 0 Å². The highest BCUT2D eigenvalue weighted by Gasteiger charge is 2.21. The molecule has 1 aromatic carbocycles. The van der Waals surface area contributed by atoms with Gasteiger partial charge in [-0.15, -0.1) is 0 Å². The highest BCUT2D eigenvalue weighted by molar-refractivity contribution is 5.96. The van der Waals surface area contributed by atoms with E-state index in [1.54, 1.807) is 31.2 Å². The Morgan fingerprint density at radius 1 is 1.33 bits per heavy atom. The molecule has 0 aliphatic carbocycles. The van der Waals surface area contributed by atoms with Crippen LogP contribution in [0.15, 0.2) is 24.3 Å². The number of aliphatic hydroxyl groups excluding tert-OH is 1. The van der Waals surface area contributed by atoms with Gasteiger partial charge in [0.2, 0.25) is 0 Å². The van der Waals surface area contributed by atoms with E-state index >= 15 is 0 Å². The predicted octanol–water partition coefficient (Wildman–Crippen LogP) is 0.649. The minimum absolute atomic E-state index is 0.204. The van der Waals surface area contributed by atoms with Gasteiger partial charge in [-0.25, -0.2) is 4.79 Å². The second kappa shape index (κ2) is 6.76. The van der Waals surface area contributed by atoms with Crippen molar-refractivity contribution in [2.24, 2.45) is 0 Å². The first-order valence-corrected chi connectivity index (χ1v) is 5.73. The Labute approximate surface area is 106 Å². The van der Waals surface area contributed by atoms with Crippen molar-refractivity contribution in [1.29, 1.82) is 0 Å². The molecule has 2 N–H and O–H groups in total. The van der Waals surface area contributed by atoms with Crippen molar-refractivity contribution < 1.29 is 19.4 Å². The highest BCUT2D eigenvalue weighted by atomic mass is 16.5. The molecule has 0 heterocycles. The molecule has 1 aromatic rings. The van der Waals surface area contributed by atoms with Crippen LogP contribution in [0.5, 0.6) is 0 Å². The first kappa shape index (κ1) is 14.2. The van der Waals surface area contributed by atoms with Crippen molar-refractivity contribution in [3.05, 3.63) is 35.4 Å². The van der Waals surface area contributed by atoms with Crippen molar-refractivity contribution in [2.75, 3.05) is 13.2 Å². The monoisotopic (exact) mass is 251 g/mol. The van der Waals surface area contributed by atoms with Gasteiger partial charge in [-0.2, -0.15) is 0 Å². The molecule has 0 bridgehead atoms. The molecule has 98 valence electrons. The van der Waals surface area contributed by atoms with E-state index in [0.29, 0.717) is 5.56 Å². The van der Waals surface area contributed by atoms with E-state index in [0.717, 1.165) is 5.56 Å². The molecule has 1 atom stereocenters. The molecule has 1 rings (SSSR count). The van der Waals surface area contributed by atoms with E-state index in [4.69, 9.17) is 9.84 Å². The summed E-state index contributed by atoms with van der Waals surface area (Å²) in [6, 6.07) is 5.88. The van der Waals surface area contributed by atoms with Gasteiger partial charge in [-0.05, 0) is 26.0 Å². The van der Waals surface area contributed by atoms with E-state index < -0.39 is 24.5 Å². The lowest BCUT2D eigenvalue weighted by atomic mass is 10.1. The van der Waals surface area contributed by atoms with Crippen molar-refractivity contribution >= 4 is 11.9 Å². The fourth-order valence-corrected chi connectivity index (χ4v) is 1.37. The van der Waals surface area contributed by atoms with Gasteiger partial charge in [0.25, 0.3) is 5.91 Å². The first-order valence-electron chi connectivity index (χ1n) is 5.73. The average molecular weight is 251 g/mol. The summed E-state index contributed by atoms with van der Waals surface area (Å²) in [5.74, 6) is -1.05. The van der Waals surface area contributed by atoms with E-state index in [-0.39, 0.29) is 6.61 Å². The maximum atomic E-state index is 11.8. The third kappa shape index (κ3) is 3.85. The van der Waals surface area contributed by atoms with Crippen molar-refractivity contribution in [1.82, 2.24) is 5.32 Å². The van der Waals surface area contributed by atoms with Gasteiger partial charge in [0.1, 0.15) is 0 Å². The normalized spacial score (nSPS) is 11.7. The lowest BCUT2D eigenvalue weighted by molar-refractivity contribution is -0.146. The Bertz CT molecular complexity index is 414. The molecule has 0 spiro atoms. The van der Waals surface area contributed by atoms with Crippen LogP contribution >= 0.6 is 0 Å². The number of aryl methyl sites for hydroxylation is 1. The fourth-order valence-electron chi connectivity index (χ4n) is 1.37. The number of carbonyl (C=O) groups is 2. The van der Waals surface area contributed by atoms with Crippen LogP contribution in [0, 0.1) is 6.92 Å². The van der Waals surface area contributed by atoms with Crippen LogP contribution in [-0.4, -0.2) is 36.2 Å². The number of hydrogen-bond acceptors (Lipinski definition) is 4. The van der Waals surface area contributed by atoms with E-state index in [2.05, 4.69) is 5.32 Å². The number of amides is 1. The van der Waals surface area contributed by atoms with Gasteiger partial charge in [0, 0.05) is 5.56 Å². The Hall–Kier alpha value is -1.88. The summed E-state index contributed by atoms with van der Waals surface area (Å²) < 4.78 is 4.74. The number of esters is 1. The van der Waals surface area contributed by atoms with Crippen LogP contribution in [-0.2, 0) is 9.53 Å². The van der Waals surface area contributed by atoms with E-state index in [1.807, 2.05) is 6.92 Å². The van der Waals surface area contributed by atoms with E-state index in [1.165, 1.54) is 0 Å². The molecule has 0 fully saturated rings. The molecule has 18 heavy (non-hydrogen) atoms. The van der Waals surface area contributed by atoms with Gasteiger partial charge in [0.15, 0.2) is 6.04 Å². The van der Waals surface area contributed by atoms with E-state index in [9.17, 15) is 9.59 Å². The fraction of sp³-hybridized carbons (Fsp3) is 0.385. The number of carbonyl (C=O) groups excluding carboxylic acids is 2. The molecule has 0 radical (unpaired) electrons. The van der Waals surface area contributed by atoms with Crippen LogP contribution < -0.4 is 5.32 Å². The highest BCUT2D eigenvalue weighted by Crippen LogP contribution is 2.03. The molecule has 0 aromatic heterocycles. The van der Waals surface area contributed by atoms with Crippen molar-refractivity contribution in [2.45, 2.75) is 19.9 Å². The average Bonchev–Trinajstić information content (AvgIpc) is 2.36. The zero-order valence-electron chi connectivity index (χ0n) is 10.5. The van der Waals surface area contributed by atoms with Gasteiger partial charge in [-0.3, -0.25) is 4.79 Å². The maximum absolute atomic E-state index is 11.8. The third-order valence-electron chi connectivity index (χ3n) is 2.37. The standard InChI is InChI=1S/C13H17NO4/c1-3-18-13(17)11(8-15)14-12(16)10-6-4-9(2)5-7-10/h4-7,11,15H,3,8H2,1-2H3,(H,14,16).